The first-order chi connectivity index (χ1) is 12.4. The molecule has 1 aliphatic heterocycles. The van der Waals surface area contributed by atoms with Crippen LogP contribution < -0.4 is 16.1 Å². The minimum Gasteiger partial charge on any atom is -0.461 e. The van der Waals surface area contributed by atoms with Crippen molar-refractivity contribution in [2.24, 2.45) is 0 Å². The molecule has 25 heavy (non-hydrogen) atoms. The number of benzene rings is 2. The third-order valence-corrected chi connectivity index (χ3v) is 4.73. The van der Waals surface area contributed by atoms with Crippen molar-refractivity contribution < 1.29 is 15.3 Å². The summed E-state index contributed by atoms with van der Waals surface area (Å²) in [5, 5.41) is 0.643. The van der Waals surface area contributed by atoms with Gasteiger partial charge in [-0.15, -0.1) is 0 Å². The van der Waals surface area contributed by atoms with E-state index in [1.165, 1.54) is 0 Å². The largest absolute Gasteiger partial charge is 0.461 e. The highest BCUT2D eigenvalue weighted by atomic mass is 16.7. The molecule has 2 atom stereocenters. The molecule has 0 saturated carbocycles. The van der Waals surface area contributed by atoms with Crippen LogP contribution in [0.1, 0.15) is 31.8 Å². The first-order valence-corrected chi connectivity index (χ1v) is 8.07. The first-order valence-electron chi connectivity index (χ1n) is 8.57. The maximum atomic E-state index is 12.8. The number of nitrogens with two attached hydrogens (primary N) is 1. The number of hydrogen-bond donors (Lipinski definition) is 1. The molecule has 3 aromatic rings. The highest BCUT2D eigenvalue weighted by Crippen LogP contribution is 2.46. The summed E-state index contributed by atoms with van der Waals surface area (Å²) in [5.41, 5.74) is 7.83. The molecule has 2 N–H and O–H groups in total. The van der Waals surface area contributed by atoms with E-state index in [9.17, 15) is 4.79 Å². The van der Waals surface area contributed by atoms with Crippen molar-refractivity contribution >= 4 is 16.7 Å². The number of nitrogen functional groups attached to an aromatic ring is 1. The molecule has 0 bridgehead atoms. The summed E-state index contributed by atoms with van der Waals surface area (Å²) in [6.07, 6.45) is 0.451. The molecule has 128 valence electrons. The lowest BCUT2D eigenvalue weighted by molar-refractivity contribution is -0.163. The normalized spacial score (nSPS) is 23.0. The number of anilines is 1. The first kappa shape index (κ1) is 14.5. The van der Waals surface area contributed by atoms with Crippen LogP contribution in [0.25, 0.3) is 11.0 Å². The summed E-state index contributed by atoms with van der Waals surface area (Å²) in [5.74, 6) is -0.728. The van der Waals surface area contributed by atoms with Crippen LogP contribution >= 0.6 is 0 Å². The Morgan fingerprint density at radius 1 is 1.32 bits per heavy atom. The van der Waals surface area contributed by atoms with Crippen molar-refractivity contribution in [1.82, 2.24) is 0 Å². The van der Waals surface area contributed by atoms with Gasteiger partial charge in [0.2, 0.25) is 5.79 Å². The van der Waals surface area contributed by atoms with Crippen LogP contribution in [0.2, 0.25) is 0 Å². The fourth-order valence-electron chi connectivity index (χ4n) is 3.39. The second-order valence-electron chi connectivity index (χ2n) is 6.42. The topological polar surface area (TPSA) is 74.7 Å². The summed E-state index contributed by atoms with van der Waals surface area (Å²) in [6.45, 7) is 1.84. The molecule has 2 aromatic carbocycles. The van der Waals surface area contributed by atoms with Crippen LogP contribution in [-0.4, -0.2) is 12.9 Å². The van der Waals surface area contributed by atoms with Crippen molar-refractivity contribution in [3.05, 3.63) is 70.1 Å². The molecular weight excluding hydrogens is 318 g/mol. The average Bonchev–Trinajstić information content (AvgIpc) is 2.62. The maximum absolute atomic E-state index is 12.8. The van der Waals surface area contributed by atoms with Gasteiger partial charge in [0, 0.05) is 32.1 Å². The summed E-state index contributed by atoms with van der Waals surface area (Å²) >= 11 is 0. The summed E-state index contributed by atoms with van der Waals surface area (Å²) < 4.78 is 24.9. The zero-order valence-electron chi connectivity index (χ0n) is 15.0. The number of rotatable bonds is 2. The maximum Gasteiger partial charge on any atom is 0.343 e. The predicted molar refractivity (Wildman–Crippen MR) is 95.8 cm³/mol. The van der Waals surface area contributed by atoms with Crippen LogP contribution in [0.4, 0.5) is 5.69 Å². The van der Waals surface area contributed by atoms with E-state index in [1.807, 2.05) is 19.1 Å². The lowest BCUT2D eigenvalue weighted by Crippen LogP contribution is -2.41. The molecule has 4 rings (SSSR count). The van der Waals surface area contributed by atoms with Crippen molar-refractivity contribution in [2.45, 2.75) is 25.0 Å². The predicted octanol–water partition coefficient (Wildman–Crippen LogP) is 3.65. The van der Waals surface area contributed by atoms with Crippen molar-refractivity contribution in [1.29, 1.82) is 0 Å². The lowest BCUT2D eigenvalue weighted by atomic mass is 9.83. The number of ether oxygens (including phenoxy) is 2. The van der Waals surface area contributed by atoms with E-state index >= 15 is 0 Å². The zero-order valence-corrected chi connectivity index (χ0v) is 14.0. The fourth-order valence-corrected chi connectivity index (χ4v) is 3.39. The van der Waals surface area contributed by atoms with Gasteiger partial charge in [-0.25, -0.2) is 4.79 Å². The summed E-state index contributed by atoms with van der Waals surface area (Å²) in [4.78, 5) is 12.8. The van der Waals surface area contributed by atoms with Gasteiger partial charge in [0.15, 0.2) is 0 Å². The fraction of sp³-hybridized carbons (Fsp3) is 0.250. The standard InChI is InChI=1S/C20H19NO4/c1-20(23-2)11-15(12-6-4-3-5-7-12)17-18(25-20)14-10-13(21)8-9-16(14)24-19(17)22/h3-10,15H,11,21H2,1-2H3/i3T. The molecule has 5 nitrogen and oxygen atoms in total. The van der Waals surface area contributed by atoms with Crippen molar-refractivity contribution in [2.75, 3.05) is 12.8 Å². The van der Waals surface area contributed by atoms with Gasteiger partial charge in [-0.2, -0.15) is 0 Å². The minimum absolute atomic E-state index is 0.272. The third kappa shape index (κ3) is 2.57. The quantitative estimate of drug-likeness (QED) is 0.570. The van der Waals surface area contributed by atoms with E-state index in [-0.39, 0.29) is 5.92 Å². The van der Waals surface area contributed by atoms with Crippen molar-refractivity contribution in [3.63, 3.8) is 0 Å². The Balaban J connectivity index is 2.02. The van der Waals surface area contributed by atoms with Gasteiger partial charge in [-0.1, -0.05) is 30.3 Å². The monoisotopic (exact) mass is 339 g/mol. The van der Waals surface area contributed by atoms with Crippen LogP contribution in [0.5, 0.6) is 5.75 Å². The van der Waals surface area contributed by atoms with Crippen molar-refractivity contribution in [3.8, 4) is 5.75 Å². The van der Waals surface area contributed by atoms with Crippen LogP contribution in [-0.2, 0) is 4.74 Å². The summed E-state index contributed by atoms with van der Waals surface area (Å²) in [6, 6.07) is 12.6. The van der Waals surface area contributed by atoms with E-state index in [4.69, 9.17) is 21.0 Å². The molecular formula is C20H19NO4. The van der Waals surface area contributed by atoms with Gasteiger partial charge in [-0.3, -0.25) is 0 Å². The number of methoxy groups -OCH3 is 1. The molecule has 1 aromatic heterocycles. The van der Waals surface area contributed by atoms with Crippen LogP contribution in [0, 0.1) is 0 Å². The van der Waals surface area contributed by atoms with Gasteiger partial charge < -0.3 is 19.6 Å². The van der Waals surface area contributed by atoms with Gasteiger partial charge in [0.25, 0.3) is 0 Å². The van der Waals surface area contributed by atoms with Gasteiger partial charge >= 0.3 is 5.63 Å². The van der Waals surface area contributed by atoms with Crippen LogP contribution in [0.15, 0.2) is 57.7 Å². The highest BCUT2D eigenvalue weighted by Gasteiger charge is 2.41. The molecule has 1 aliphatic rings. The Hall–Kier alpha value is -2.79. The molecule has 0 amide bonds. The second kappa shape index (κ2) is 5.63. The Kier molecular flexibility index (Phi) is 3.28. The van der Waals surface area contributed by atoms with E-state index in [1.54, 1.807) is 37.4 Å². The number of hydrogen-bond acceptors (Lipinski definition) is 5. The van der Waals surface area contributed by atoms with E-state index < -0.39 is 11.4 Å². The highest BCUT2D eigenvalue weighted by molar-refractivity contribution is 5.87. The average molecular weight is 339 g/mol. The van der Waals surface area contributed by atoms with E-state index in [2.05, 4.69) is 0 Å². The molecule has 0 saturated heterocycles. The molecule has 2 heterocycles. The second-order valence-corrected chi connectivity index (χ2v) is 6.42. The molecule has 0 spiro atoms. The molecule has 0 aliphatic carbocycles. The Morgan fingerprint density at radius 3 is 2.80 bits per heavy atom. The van der Waals surface area contributed by atoms with E-state index in [0.717, 1.165) is 5.56 Å². The summed E-state index contributed by atoms with van der Waals surface area (Å²) in [7, 11) is 1.58. The third-order valence-electron chi connectivity index (χ3n) is 4.73. The van der Waals surface area contributed by atoms with Gasteiger partial charge in [0.05, 0.1) is 12.3 Å². The molecule has 0 radical (unpaired) electrons. The van der Waals surface area contributed by atoms with Gasteiger partial charge in [-0.05, 0) is 23.8 Å². The van der Waals surface area contributed by atoms with E-state index in [0.29, 0.717) is 40.4 Å². The zero-order chi connectivity index (χ0) is 18.5. The van der Waals surface area contributed by atoms with Crippen LogP contribution in [0.3, 0.4) is 0 Å². The number of fused-ring (bicyclic) bond motifs is 3. The smallest absolute Gasteiger partial charge is 0.343 e. The lowest BCUT2D eigenvalue weighted by Gasteiger charge is -2.38. The molecule has 2 unspecified atom stereocenters. The Bertz CT molecular complexity index is 1040. The Morgan fingerprint density at radius 2 is 2.08 bits per heavy atom. The minimum atomic E-state index is -0.900. The SMILES string of the molecule is [3H]c1ccc(C2CC(C)(OC)Oc3c2c(=O)oc2ccc(N)cc32)cc1. The molecule has 0 fully saturated rings. The molecule has 5 heteroatoms. The Labute approximate surface area is 146 Å². The van der Waals surface area contributed by atoms with Gasteiger partial charge in [0.1, 0.15) is 11.3 Å².